The van der Waals surface area contributed by atoms with Crippen LogP contribution in [0, 0.1) is 21.7 Å². The molecule has 6 nitrogen and oxygen atoms in total. The Morgan fingerprint density at radius 1 is 1.47 bits per heavy atom. The van der Waals surface area contributed by atoms with E-state index in [1.54, 1.807) is 0 Å². The smallest absolute Gasteiger partial charge is 0.326 e. The van der Waals surface area contributed by atoms with Gasteiger partial charge in [0.25, 0.3) is 5.69 Å². The van der Waals surface area contributed by atoms with Gasteiger partial charge in [0.2, 0.25) is 0 Å². The number of hydrogen-bond acceptors (Lipinski definition) is 4. The van der Waals surface area contributed by atoms with Crippen molar-refractivity contribution in [2.75, 3.05) is 11.4 Å². The molecule has 0 radical (unpaired) electrons. The van der Waals surface area contributed by atoms with E-state index in [4.69, 9.17) is 5.11 Å². The molecule has 1 atom stereocenters. The fraction of sp³-hybridized carbons (Fsp3) is 0.364. The molecule has 2 rings (SSSR count). The summed E-state index contributed by atoms with van der Waals surface area (Å²) in [5.41, 5.74) is -1.22. The fourth-order valence-corrected chi connectivity index (χ4v) is 2.24. The van der Waals surface area contributed by atoms with E-state index >= 15 is 0 Å². The summed E-state index contributed by atoms with van der Waals surface area (Å²) >= 11 is 0. The van der Waals surface area contributed by atoms with Gasteiger partial charge in [0, 0.05) is 12.6 Å². The highest BCUT2D eigenvalue weighted by molar-refractivity contribution is 5.81. The van der Waals surface area contributed by atoms with E-state index in [2.05, 4.69) is 0 Å². The van der Waals surface area contributed by atoms with E-state index in [1.807, 2.05) is 0 Å². The number of anilines is 1. The lowest BCUT2D eigenvalue weighted by molar-refractivity contribution is -0.384. The number of hydrogen-bond donors (Lipinski definition) is 1. The molecule has 0 saturated carbocycles. The Labute approximate surface area is 106 Å². The second kappa shape index (κ2) is 4.79. The van der Waals surface area contributed by atoms with Crippen molar-refractivity contribution in [3.8, 4) is 0 Å². The van der Waals surface area contributed by atoms with Crippen LogP contribution in [0.25, 0.3) is 0 Å². The van der Waals surface area contributed by atoms with Gasteiger partial charge in [-0.15, -0.1) is 0 Å². The largest absolute Gasteiger partial charge is 0.480 e. The zero-order valence-corrected chi connectivity index (χ0v) is 9.68. The summed E-state index contributed by atoms with van der Waals surface area (Å²) < 4.78 is 27.0. The molecule has 1 N–H and O–H groups in total. The Balaban J connectivity index is 2.57. The summed E-state index contributed by atoms with van der Waals surface area (Å²) in [6.07, 6.45) is 0.687. The molecule has 0 aromatic heterocycles. The molecular weight excluding hydrogens is 262 g/mol. The highest BCUT2D eigenvalue weighted by Gasteiger charge is 2.37. The Kier molecular flexibility index (Phi) is 3.32. The van der Waals surface area contributed by atoms with Gasteiger partial charge in [-0.1, -0.05) is 0 Å². The van der Waals surface area contributed by atoms with Crippen molar-refractivity contribution >= 4 is 17.3 Å². The maximum absolute atomic E-state index is 13.8. The maximum Gasteiger partial charge on any atom is 0.326 e. The Bertz CT molecular complexity index is 550. The minimum Gasteiger partial charge on any atom is -0.480 e. The molecule has 1 aromatic rings. The van der Waals surface area contributed by atoms with Crippen molar-refractivity contribution in [1.82, 2.24) is 0 Å². The van der Waals surface area contributed by atoms with E-state index in [0.29, 0.717) is 12.5 Å². The monoisotopic (exact) mass is 272 g/mol. The van der Waals surface area contributed by atoms with Gasteiger partial charge in [0.15, 0.2) is 17.3 Å². The van der Waals surface area contributed by atoms with Crippen molar-refractivity contribution < 1.29 is 23.6 Å². The van der Waals surface area contributed by atoms with E-state index in [-0.39, 0.29) is 13.0 Å². The first kappa shape index (κ1) is 13.2. The topological polar surface area (TPSA) is 83.7 Å². The highest BCUT2D eigenvalue weighted by Crippen LogP contribution is 2.36. The number of aliphatic carboxylic acids is 1. The first-order valence-corrected chi connectivity index (χ1v) is 5.55. The molecule has 0 aliphatic carbocycles. The zero-order valence-electron chi connectivity index (χ0n) is 9.68. The van der Waals surface area contributed by atoms with Crippen LogP contribution in [-0.4, -0.2) is 28.6 Å². The molecule has 1 aliphatic rings. The van der Waals surface area contributed by atoms with Crippen LogP contribution in [0.5, 0.6) is 0 Å². The summed E-state index contributed by atoms with van der Waals surface area (Å²) in [5.74, 6) is -3.84. The van der Waals surface area contributed by atoms with Crippen molar-refractivity contribution in [3.63, 3.8) is 0 Å². The average Bonchev–Trinajstić information content (AvgIpc) is 2.80. The second-order valence-corrected chi connectivity index (χ2v) is 4.18. The van der Waals surface area contributed by atoms with Crippen LogP contribution in [0.2, 0.25) is 0 Å². The molecule has 1 fully saturated rings. The van der Waals surface area contributed by atoms with Gasteiger partial charge in [0.1, 0.15) is 6.04 Å². The van der Waals surface area contributed by atoms with Gasteiger partial charge in [-0.3, -0.25) is 10.1 Å². The number of carboxylic acids is 1. The van der Waals surface area contributed by atoms with Crippen LogP contribution in [-0.2, 0) is 4.79 Å². The number of nitro benzene ring substituents is 1. The molecule has 0 amide bonds. The Hall–Kier alpha value is -2.25. The molecule has 8 heteroatoms. The lowest BCUT2D eigenvalue weighted by Gasteiger charge is -2.23. The van der Waals surface area contributed by atoms with Crippen LogP contribution in [0.15, 0.2) is 12.1 Å². The molecule has 1 saturated heterocycles. The van der Waals surface area contributed by atoms with E-state index < -0.39 is 39.9 Å². The van der Waals surface area contributed by atoms with E-state index in [9.17, 15) is 23.7 Å². The SMILES string of the molecule is O=C(O)C1CCCN1c1c([N+](=O)[O-])ccc(F)c1F. The van der Waals surface area contributed by atoms with Gasteiger partial charge in [-0.05, 0) is 18.9 Å². The quantitative estimate of drug-likeness (QED) is 0.671. The van der Waals surface area contributed by atoms with Crippen molar-refractivity contribution in [2.24, 2.45) is 0 Å². The van der Waals surface area contributed by atoms with Gasteiger partial charge in [-0.2, -0.15) is 0 Å². The van der Waals surface area contributed by atoms with Gasteiger partial charge < -0.3 is 10.0 Å². The van der Waals surface area contributed by atoms with Crippen molar-refractivity contribution in [2.45, 2.75) is 18.9 Å². The lowest BCUT2D eigenvalue weighted by Crippen LogP contribution is -2.37. The summed E-state index contributed by atoms with van der Waals surface area (Å²) in [6.45, 7) is 0.137. The first-order chi connectivity index (χ1) is 8.93. The number of rotatable bonds is 3. The van der Waals surface area contributed by atoms with E-state index in [1.165, 1.54) is 0 Å². The molecule has 1 heterocycles. The molecule has 1 aromatic carbocycles. The summed E-state index contributed by atoms with van der Waals surface area (Å²) in [5, 5.41) is 19.9. The zero-order chi connectivity index (χ0) is 14.2. The number of halogens is 2. The minimum atomic E-state index is -1.39. The number of nitro groups is 1. The molecule has 0 spiro atoms. The molecule has 19 heavy (non-hydrogen) atoms. The van der Waals surface area contributed by atoms with Gasteiger partial charge in [-0.25, -0.2) is 13.6 Å². The van der Waals surface area contributed by atoms with Crippen LogP contribution >= 0.6 is 0 Å². The Morgan fingerprint density at radius 3 is 2.74 bits per heavy atom. The third-order valence-electron chi connectivity index (χ3n) is 3.07. The molecular formula is C11H10F2N2O4. The minimum absolute atomic E-state index is 0.137. The van der Waals surface area contributed by atoms with Gasteiger partial charge >= 0.3 is 5.97 Å². The summed E-state index contributed by atoms with van der Waals surface area (Å²) in [6, 6.07) is 0.420. The van der Waals surface area contributed by atoms with Crippen LogP contribution in [0.3, 0.4) is 0 Å². The van der Waals surface area contributed by atoms with Crippen molar-refractivity contribution in [1.29, 1.82) is 0 Å². The molecule has 102 valence electrons. The number of carboxylic acid groups (broad SMARTS) is 1. The summed E-state index contributed by atoms with van der Waals surface area (Å²) in [7, 11) is 0. The Morgan fingerprint density at radius 2 is 2.16 bits per heavy atom. The molecule has 1 unspecified atom stereocenters. The number of carbonyl (C=O) groups is 1. The molecule has 0 bridgehead atoms. The number of nitrogens with zero attached hydrogens (tertiary/aromatic N) is 2. The third-order valence-corrected chi connectivity index (χ3v) is 3.07. The average molecular weight is 272 g/mol. The predicted octanol–water partition coefficient (Wildman–Crippen LogP) is 1.93. The van der Waals surface area contributed by atoms with Crippen LogP contribution in [0.1, 0.15) is 12.8 Å². The van der Waals surface area contributed by atoms with Gasteiger partial charge in [0.05, 0.1) is 4.92 Å². The molecule has 1 aliphatic heterocycles. The van der Waals surface area contributed by atoms with Crippen LogP contribution in [0.4, 0.5) is 20.2 Å². The lowest BCUT2D eigenvalue weighted by atomic mass is 10.2. The standard InChI is InChI=1S/C11H10F2N2O4/c12-6-3-4-7(15(18)19)10(9(6)13)14-5-1-2-8(14)11(16)17/h3-4,8H,1-2,5H2,(H,16,17). The maximum atomic E-state index is 13.8. The predicted molar refractivity (Wildman–Crippen MR) is 61.0 cm³/mol. The van der Waals surface area contributed by atoms with Crippen molar-refractivity contribution in [3.05, 3.63) is 33.9 Å². The van der Waals surface area contributed by atoms with Crippen LogP contribution < -0.4 is 4.90 Å². The number of benzene rings is 1. The first-order valence-electron chi connectivity index (χ1n) is 5.55. The summed E-state index contributed by atoms with van der Waals surface area (Å²) in [4.78, 5) is 22.1. The highest BCUT2D eigenvalue weighted by atomic mass is 19.2. The normalized spacial score (nSPS) is 18.6. The third kappa shape index (κ3) is 2.20. The second-order valence-electron chi connectivity index (χ2n) is 4.18. The van der Waals surface area contributed by atoms with E-state index in [0.717, 1.165) is 11.0 Å². The fourth-order valence-electron chi connectivity index (χ4n) is 2.24.